The molecule has 2 aromatic rings. The second-order valence-corrected chi connectivity index (χ2v) is 7.43. The van der Waals surface area contributed by atoms with Gasteiger partial charge in [0.2, 0.25) is 0 Å². The lowest BCUT2D eigenvalue weighted by Gasteiger charge is -2.35. The minimum Gasteiger partial charge on any atom is -0.493 e. The van der Waals surface area contributed by atoms with Crippen LogP contribution in [0.25, 0.3) is 0 Å². The number of methoxy groups -OCH3 is 2. The quantitative estimate of drug-likeness (QED) is 0.434. The third-order valence-electron chi connectivity index (χ3n) is 5.34. The van der Waals surface area contributed by atoms with Gasteiger partial charge in [0, 0.05) is 12.8 Å². The van der Waals surface area contributed by atoms with E-state index in [0.29, 0.717) is 41.5 Å². The van der Waals surface area contributed by atoms with Crippen LogP contribution in [0.5, 0.6) is 11.5 Å². The molecule has 0 spiro atoms. The van der Waals surface area contributed by atoms with Crippen LogP contribution in [0.1, 0.15) is 31.0 Å². The summed E-state index contributed by atoms with van der Waals surface area (Å²) in [5, 5.41) is 2.96. The van der Waals surface area contributed by atoms with Crippen LogP contribution < -0.4 is 14.8 Å². The van der Waals surface area contributed by atoms with Crippen LogP contribution in [0.3, 0.4) is 0 Å². The number of ether oxygens (including phenoxy) is 4. The standard InChI is InChI=1S/C25H30N2O6/c1-5-32-21-15-19(11-12-20(21)31-4)23-22(24(28)33-14-13-30-3)17(2)27(25(29)26-23)16-18-9-7-6-8-10-18/h6-12,15,23H,5,13-14,16H2,1-4H3,(H,26,29). The number of amides is 2. The van der Waals surface area contributed by atoms with Gasteiger partial charge in [0.25, 0.3) is 0 Å². The van der Waals surface area contributed by atoms with Gasteiger partial charge >= 0.3 is 12.0 Å². The zero-order chi connectivity index (χ0) is 23.8. The number of hydrogen-bond acceptors (Lipinski definition) is 6. The number of carbonyl (C=O) groups is 2. The van der Waals surface area contributed by atoms with Crippen molar-refractivity contribution in [1.82, 2.24) is 10.2 Å². The van der Waals surface area contributed by atoms with E-state index in [1.165, 1.54) is 7.11 Å². The molecule has 0 saturated heterocycles. The molecule has 33 heavy (non-hydrogen) atoms. The number of esters is 1. The maximum atomic E-state index is 13.1. The van der Waals surface area contributed by atoms with Crippen molar-refractivity contribution >= 4 is 12.0 Å². The Hall–Kier alpha value is -3.52. The number of allylic oxidation sites excluding steroid dienone is 1. The van der Waals surface area contributed by atoms with Gasteiger partial charge in [0.1, 0.15) is 6.61 Å². The second-order valence-electron chi connectivity index (χ2n) is 7.43. The minimum atomic E-state index is -0.704. The summed E-state index contributed by atoms with van der Waals surface area (Å²) in [6, 6.07) is 13.9. The Balaban J connectivity index is 2.02. The van der Waals surface area contributed by atoms with E-state index in [1.54, 1.807) is 37.1 Å². The molecule has 2 amide bonds. The van der Waals surface area contributed by atoms with Gasteiger partial charge < -0.3 is 24.3 Å². The SMILES string of the molecule is CCOc1cc(C2NC(=O)N(Cc3ccccc3)C(C)=C2C(=O)OCCOC)ccc1OC. The van der Waals surface area contributed by atoms with E-state index in [-0.39, 0.29) is 19.2 Å². The van der Waals surface area contributed by atoms with Gasteiger partial charge in [-0.1, -0.05) is 36.4 Å². The molecule has 1 aliphatic rings. The molecule has 176 valence electrons. The zero-order valence-corrected chi connectivity index (χ0v) is 19.4. The molecule has 3 rings (SSSR count). The first-order valence-electron chi connectivity index (χ1n) is 10.8. The van der Waals surface area contributed by atoms with Crippen molar-refractivity contribution in [1.29, 1.82) is 0 Å². The summed E-state index contributed by atoms with van der Waals surface area (Å²) in [5.74, 6) is 0.586. The van der Waals surface area contributed by atoms with Crippen molar-refractivity contribution in [3.8, 4) is 11.5 Å². The molecule has 1 atom stereocenters. The second kappa shape index (κ2) is 11.4. The monoisotopic (exact) mass is 454 g/mol. The van der Waals surface area contributed by atoms with Crippen LogP contribution in [0, 0.1) is 0 Å². The highest BCUT2D eigenvalue weighted by atomic mass is 16.6. The first-order valence-corrected chi connectivity index (χ1v) is 10.8. The number of nitrogens with zero attached hydrogens (tertiary/aromatic N) is 1. The summed E-state index contributed by atoms with van der Waals surface area (Å²) in [4.78, 5) is 27.8. The third-order valence-corrected chi connectivity index (χ3v) is 5.34. The molecule has 1 N–H and O–H groups in total. The van der Waals surface area contributed by atoms with Gasteiger partial charge in [-0.3, -0.25) is 4.90 Å². The van der Waals surface area contributed by atoms with Crippen LogP contribution in [0.4, 0.5) is 4.79 Å². The Bertz CT molecular complexity index is 1010. The maximum Gasteiger partial charge on any atom is 0.338 e. The zero-order valence-electron chi connectivity index (χ0n) is 19.4. The Morgan fingerprint density at radius 1 is 1.06 bits per heavy atom. The van der Waals surface area contributed by atoms with Gasteiger partial charge in [-0.05, 0) is 37.1 Å². The molecule has 0 saturated carbocycles. The topological polar surface area (TPSA) is 86.3 Å². The fourth-order valence-corrected chi connectivity index (χ4v) is 3.69. The number of rotatable bonds is 10. The predicted octanol–water partition coefficient (Wildman–Crippen LogP) is 3.82. The molecule has 0 bridgehead atoms. The van der Waals surface area contributed by atoms with Crippen LogP contribution in [-0.4, -0.2) is 50.9 Å². The smallest absolute Gasteiger partial charge is 0.338 e. The first-order chi connectivity index (χ1) is 16.0. The summed E-state index contributed by atoms with van der Waals surface area (Å²) in [6.45, 7) is 4.79. The van der Waals surface area contributed by atoms with Crippen molar-refractivity contribution in [2.75, 3.05) is 34.0 Å². The molecule has 0 fully saturated rings. The normalized spacial score (nSPS) is 15.8. The van der Waals surface area contributed by atoms with Crippen LogP contribution in [0.2, 0.25) is 0 Å². The summed E-state index contributed by atoms with van der Waals surface area (Å²) in [6.07, 6.45) is 0. The Kier molecular flexibility index (Phi) is 8.32. The molecule has 1 heterocycles. The van der Waals surface area contributed by atoms with Crippen molar-refractivity contribution in [3.63, 3.8) is 0 Å². The summed E-state index contributed by atoms with van der Waals surface area (Å²) < 4.78 is 21.5. The number of hydrogen-bond donors (Lipinski definition) is 1. The first kappa shape index (κ1) is 24.1. The number of nitrogens with one attached hydrogen (secondary N) is 1. The fourth-order valence-electron chi connectivity index (χ4n) is 3.69. The lowest BCUT2D eigenvalue weighted by molar-refractivity contribution is -0.140. The van der Waals surface area contributed by atoms with Crippen molar-refractivity contribution < 1.29 is 28.5 Å². The molecule has 8 heteroatoms. The van der Waals surface area contributed by atoms with Gasteiger partial charge in [-0.15, -0.1) is 0 Å². The fraction of sp³-hybridized carbons (Fsp3) is 0.360. The van der Waals surface area contributed by atoms with Gasteiger partial charge in [-0.2, -0.15) is 0 Å². The largest absolute Gasteiger partial charge is 0.493 e. The minimum absolute atomic E-state index is 0.109. The summed E-state index contributed by atoms with van der Waals surface area (Å²) in [5.41, 5.74) is 2.52. The average Bonchev–Trinajstić information content (AvgIpc) is 2.82. The van der Waals surface area contributed by atoms with Crippen LogP contribution in [-0.2, 0) is 20.8 Å². The lowest BCUT2D eigenvalue weighted by Crippen LogP contribution is -2.47. The van der Waals surface area contributed by atoms with E-state index in [1.807, 2.05) is 37.3 Å². The van der Waals surface area contributed by atoms with E-state index >= 15 is 0 Å². The van der Waals surface area contributed by atoms with Crippen LogP contribution >= 0.6 is 0 Å². The van der Waals surface area contributed by atoms with E-state index < -0.39 is 12.0 Å². The van der Waals surface area contributed by atoms with Gasteiger partial charge in [0.15, 0.2) is 11.5 Å². The molecule has 2 aromatic carbocycles. The van der Waals surface area contributed by atoms with Gasteiger partial charge in [-0.25, -0.2) is 9.59 Å². The van der Waals surface area contributed by atoms with E-state index in [2.05, 4.69) is 5.32 Å². The molecule has 8 nitrogen and oxygen atoms in total. The Labute approximate surface area is 194 Å². The van der Waals surface area contributed by atoms with Crippen LogP contribution in [0.15, 0.2) is 59.8 Å². The molecular weight excluding hydrogens is 424 g/mol. The van der Waals surface area contributed by atoms with Crippen molar-refractivity contribution in [3.05, 3.63) is 70.9 Å². The lowest BCUT2D eigenvalue weighted by atomic mass is 9.94. The Morgan fingerprint density at radius 3 is 2.48 bits per heavy atom. The van der Waals surface area contributed by atoms with E-state index in [9.17, 15) is 9.59 Å². The molecular formula is C25H30N2O6. The highest BCUT2D eigenvalue weighted by molar-refractivity contribution is 5.95. The maximum absolute atomic E-state index is 13.1. The van der Waals surface area contributed by atoms with Crippen molar-refractivity contribution in [2.45, 2.75) is 26.4 Å². The van der Waals surface area contributed by atoms with Gasteiger partial charge in [0.05, 0.1) is 38.5 Å². The summed E-state index contributed by atoms with van der Waals surface area (Å²) in [7, 11) is 3.10. The number of urea groups is 1. The molecule has 0 aromatic heterocycles. The van der Waals surface area contributed by atoms with Crippen molar-refractivity contribution in [2.24, 2.45) is 0 Å². The molecule has 0 aliphatic carbocycles. The summed E-state index contributed by atoms with van der Waals surface area (Å²) >= 11 is 0. The molecule has 1 aliphatic heterocycles. The van der Waals surface area contributed by atoms with E-state index in [0.717, 1.165) is 5.56 Å². The molecule has 0 radical (unpaired) electrons. The number of benzene rings is 2. The van der Waals surface area contributed by atoms with E-state index in [4.69, 9.17) is 18.9 Å². The Morgan fingerprint density at radius 2 is 1.82 bits per heavy atom. The molecule has 1 unspecified atom stereocenters. The number of carbonyl (C=O) groups excluding carboxylic acids is 2. The average molecular weight is 455 g/mol. The highest BCUT2D eigenvalue weighted by Crippen LogP contribution is 2.36. The third kappa shape index (κ3) is 5.64. The predicted molar refractivity (Wildman–Crippen MR) is 123 cm³/mol. The highest BCUT2D eigenvalue weighted by Gasteiger charge is 2.37.